The van der Waals surface area contributed by atoms with Gasteiger partial charge < -0.3 is 11.1 Å². The Labute approximate surface area is 118 Å². The number of anilines is 3. The first-order valence-electron chi connectivity index (χ1n) is 6.61. The topological polar surface area (TPSA) is 50.9 Å². The Balaban J connectivity index is 2.07. The molecule has 0 bridgehead atoms. The summed E-state index contributed by atoms with van der Waals surface area (Å²) in [5, 5.41) is 5.50. The Hall–Kier alpha value is -2.55. The average molecular weight is 263 g/mol. The Morgan fingerprint density at radius 1 is 1.00 bits per heavy atom. The van der Waals surface area contributed by atoms with Crippen LogP contribution in [0, 0.1) is 13.8 Å². The zero-order valence-corrected chi connectivity index (χ0v) is 11.6. The number of rotatable bonds is 2. The van der Waals surface area contributed by atoms with Crippen LogP contribution in [0.3, 0.4) is 0 Å². The van der Waals surface area contributed by atoms with Crippen LogP contribution in [0.4, 0.5) is 17.1 Å². The molecule has 0 fully saturated rings. The molecule has 0 aliphatic heterocycles. The number of nitrogens with one attached hydrogen (secondary N) is 1. The van der Waals surface area contributed by atoms with Gasteiger partial charge in [-0.1, -0.05) is 18.2 Å². The summed E-state index contributed by atoms with van der Waals surface area (Å²) in [5.41, 5.74) is 11.5. The number of nitrogens with two attached hydrogens (primary N) is 1. The van der Waals surface area contributed by atoms with Crippen molar-refractivity contribution >= 4 is 27.8 Å². The standard InChI is InChI=1S/C17H17N3/c1-11-3-4-12(2)16(9-11)20-15-6-5-13-10-19-8-7-14(13)17(15)18/h3-10,20H,18H2,1-2H3. The predicted molar refractivity (Wildman–Crippen MR) is 85.4 cm³/mol. The molecular formula is C17H17N3. The second kappa shape index (κ2) is 4.85. The van der Waals surface area contributed by atoms with Gasteiger partial charge in [0.2, 0.25) is 0 Å². The molecule has 0 unspecified atom stereocenters. The van der Waals surface area contributed by atoms with E-state index in [-0.39, 0.29) is 0 Å². The van der Waals surface area contributed by atoms with E-state index in [0.29, 0.717) is 0 Å². The molecule has 0 aliphatic rings. The van der Waals surface area contributed by atoms with Crippen molar-refractivity contribution < 1.29 is 0 Å². The minimum atomic E-state index is 0.755. The molecule has 0 spiro atoms. The van der Waals surface area contributed by atoms with Gasteiger partial charge >= 0.3 is 0 Å². The van der Waals surface area contributed by atoms with Crippen LogP contribution in [0.25, 0.3) is 10.8 Å². The van der Waals surface area contributed by atoms with E-state index in [9.17, 15) is 0 Å². The van der Waals surface area contributed by atoms with Gasteiger partial charge in [-0.2, -0.15) is 0 Å². The quantitative estimate of drug-likeness (QED) is 0.682. The van der Waals surface area contributed by atoms with Gasteiger partial charge in [0.25, 0.3) is 0 Å². The van der Waals surface area contributed by atoms with Gasteiger partial charge in [-0.3, -0.25) is 4.98 Å². The fourth-order valence-electron chi connectivity index (χ4n) is 2.32. The zero-order valence-electron chi connectivity index (χ0n) is 11.6. The lowest BCUT2D eigenvalue weighted by atomic mass is 10.1. The summed E-state index contributed by atoms with van der Waals surface area (Å²) in [7, 11) is 0. The van der Waals surface area contributed by atoms with Crippen LogP contribution >= 0.6 is 0 Å². The molecule has 0 amide bonds. The summed E-state index contributed by atoms with van der Waals surface area (Å²) in [5.74, 6) is 0. The molecule has 3 aromatic rings. The average Bonchev–Trinajstić information content (AvgIpc) is 2.46. The first kappa shape index (κ1) is 12.5. The smallest absolute Gasteiger partial charge is 0.0634 e. The van der Waals surface area contributed by atoms with E-state index in [0.717, 1.165) is 27.8 Å². The number of fused-ring (bicyclic) bond motifs is 1. The first-order chi connectivity index (χ1) is 9.65. The van der Waals surface area contributed by atoms with Crippen molar-refractivity contribution in [2.75, 3.05) is 11.1 Å². The Morgan fingerprint density at radius 3 is 2.70 bits per heavy atom. The van der Waals surface area contributed by atoms with E-state index in [1.54, 1.807) is 6.20 Å². The van der Waals surface area contributed by atoms with E-state index in [1.165, 1.54) is 11.1 Å². The molecule has 100 valence electrons. The van der Waals surface area contributed by atoms with E-state index in [4.69, 9.17) is 5.73 Å². The zero-order chi connectivity index (χ0) is 14.1. The van der Waals surface area contributed by atoms with Crippen molar-refractivity contribution in [2.45, 2.75) is 13.8 Å². The summed E-state index contributed by atoms with van der Waals surface area (Å²) in [6, 6.07) is 12.3. The number of benzene rings is 2. The number of hydrogen-bond acceptors (Lipinski definition) is 3. The molecule has 2 aromatic carbocycles. The molecule has 3 heteroatoms. The molecular weight excluding hydrogens is 246 g/mol. The Morgan fingerprint density at radius 2 is 1.85 bits per heavy atom. The largest absolute Gasteiger partial charge is 0.397 e. The van der Waals surface area contributed by atoms with Gasteiger partial charge in [0.15, 0.2) is 0 Å². The summed E-state index contributed by atoms with van der Waals surface area (Å²) in [4.78, 5) is 4.12. The third kappa shape index (κ3) is 2.18. The van der Waals surface area contributed by atoms with Crippen LogP contribution in [0.2, 0.25) is 0 Å². The van der Waals surface area contributed by atoms with Gasteiger partial charge in [-0.15, -0.1) is 0 Å². The molecule has 0 saturated carbocycles. The second-order valence-corrected chi connectivity index (χ2v) is 5.07. The normalized spacial score (nSPS) is 10.7. The summed E-state index contributed by atoms with van der Waals surface area (Å²) >= 11 is 0. The van der Waals surface area contributed by atoms with Crippen LogP contribution in [-0.2, 0) is 0 Å². The van der Waals surface area contributed by atoms with Crippen molar-refractivity contribution in [2.24, 2.45) is 0 Å². The molecule has 0 saturated heterocycles. The van der Waals surface area contributed by atoms with Crippen LogP contribution in [-0.4, -0.2) is 4.98 Å². The molecule has 20 heavy (non-hydrogen) atoms. The number of aromatic nitrogens is 1. The van der Waals surface area contributed by atoms with Crippen LogP contribution in [0.1, 0.15) is 11.1 Å². The van der Waals surface area contributed by atoms with Crippen molar-refractivity contribution in [3.05, 3.63) is 59.9 Å². The molecule has 1 heterocycles. The lowest BCUT2D eigenvalue weighted by molar-refractivity contribution is 1.36. The van der Waals surface area contributed by atoms with Gasteiger partial charge in [-0.25, -0.2) is 0 Å². The predicted octanol–water partition coefficient (Wildman–Crippen LogP) is 4.18. The molecule has 3 rings (SSSR count). The van der Waals surface area contributed by atoms with Crippen molar-refractivity contribution in [1.29, 1.82) is 0 Å². The maximum Gasteiger partial charge on any atom is 0.0634 e. The summed E-state index contributed by atoms with van der Waals surface area (Å²) in [6.07, 6.45) is 3.59. The van der Waals surface area contributed by atoms with Gasteiger partial charge in [0, 0.05) is 28.9 Å². The lowest BCUT2D eigenvalue weighted by Gasteiger charge is -2.14. The van der Waals surface area contributed by atoms with Crippen LogP contribution in [0.5, 0.6) is 0 Å². The second-order valence-electron chi connectivity index (χ2n) is 5.07. The minimum Gasteiger partial charge on any atom is -0.397 e. The number of nitrogens with zero attached hydrogens (tertiary/aromatic N) is 1. The van der Waals surface area contributed by atoms with Gasteiger partial charge in [-0.05, 0) is 43.2 Å². The van der Waals surface area contributed by atoms with Crippen molar-refractivity contribution in [3.8, 4) is 0 Å². The van der Waals surface area contributed by atoms with Crippen LogP contribution in [0.15, 0.2) is 48.8 Å². The summed E-state index contributed by atoms with van der Waals surface area (Å²) in [6.45, 7) is 4.17. The maximum absolute atomic E-state index is 6.26. The fraction of sp³-hybridized carbons (Fsp3) is 0.118. The monoisotopic (exact) mass is 263 g/mol. The number of nitrogen functional groups attached to an aromatic ring is 1. The number of hydrogen-bond donors (Lipinski definition) is 2. The molecule has 0 radical (unpaired) electrons. The number of aryl methyl sites for hydroxylation is 2. The highest BCUT2D eigenvalue weighted by Crippen LogP contribution is 2.31. The third-order valence-corrected chi connectivity index (χ3v) is 3.52. The van der Waals surface area contributed by atoms with E-state index >= 15 is 0 Å². The van der Waals surface area contributed by atoms with E-state index < -0.39 is 0 Å². The molecule has 3 N–H and O–H groups in total. The van der Waals surface area contributed by atoms with Gasteiger partial charge in [0.05, 0.1) is 11.4 Å². The van der Waals surface area contributed by atoms with Crippen molar-refractivity contribution in [3.63, 3.8) is 0 Å². The highest BCUT2D eigenvalue weighted by molar-refractivity contribution is 5.99. The molecule has 0 aliphatic carbocycles. The highest BCUT2D eigenvalue weighted by atomic mass is 14.9. The molecule has 3 nitrogen and oxygen atoms in total. The Kier molecular flexibility index (Phi) is 3.03. The fourth-order valence-corrected chi connectivity index (χ4v) is 2.32. The third-order valence-electron chi connectivity index (χ3n) is 3.52. The minimum absolute atomic E-state index is 0.755. The molecule has 1 aromatic heterocycles. The summed E-state index contributed by atoms with van der Waals surface area (Å²) < 4.78 is 0. The first-order valence-corrected chi connectivity index (χ1v) is 6.61. The van der Waals surface area contributed by atoms with E-state index in [1.807, 2.05) is 24.4 Å². The number of pyridine rings is 1. The maximum atomic E-state index is 6.26. The van der Waals surface area contributed by atoms with Crippen LogP contribution < -0.4 is 11.1 Å². The Bertz CT molecular complexity index is 778. The van der Waals surface area contributed by atoms with E-state index in [2.05, 4.69) is 42.3 Å². The lowest BCUT2D eigenvalue weighted by Crippen LogP contribution is -1.99. The highest BCUT2D eigenvalue weighted by Gasteiger charge is 2.06. The van der Waals surface area contributed by atoms with Gasteiger partial charge in [0.1, 0.15) is 0 Å². The SMILES string of the molecule is Cc1ccc(C)c(Nc2ccc3cnccc3c2N)c1. The molecule has 0 atom stereocenters. The van der Waals surface area contributed by atoms with Crippen molar-refractivity contribution in [1.82, 2.24) is 4.98 Å².